The molecule has 4 rings (SSSR count). The largest absolute Gasteiger partial charge is 0.463 e. The molecule has 0 amide bonds. The van der Waals surface area contributed by atoms with Gasteiger partial charge < -0.3 is 4.74 Å². The van der Waals surface area contributed by atoms with Crippen LogP contribution in [0.25, 0.3) is 0 Å². The molecule has 3 unspecified atom stereocenters. The third-order valence-corrected chi connectivity index (χ3v) is 9.31. The molecule has 8 atom stereocenters. The highest BCUT2D eigenvalue weighted by Crippen LogP contribution is 2.67. The third-order valence-electron chi connectivity index (χ3n) is 9.31. The molecule has 140 valence electrons. The van der Waals surface area contributed by atoms with Gasteiger partial charge in [0, 0.05) is 6.92 Å². The molecule has 0 aromatic heterocycles. The Bertz CT molecular complexity index is 554. The van der Waals surface area contributed by atoms with Gasteiger partial charge in [-0.05, 0) is 98.2 Å². The Labute approximate surface area is 153 Å². The zero-order chi connectivity index (χ0) is 17.8. The predicted molar refractivity (Wildman–Crippen MR) is 101 cm³/mol. The minimum Gasteiger partial charge on any atom is -0.463 e. The van der Waals surface area contributed by atoms with Gasteiger partial charge >= 0.3 is 5.97 Å². The molecule has 0 aliphatic heterocycles. The number of hydrogen-bond donors (Lipinski definition) is 0. The maximum absolute atomic E-state index is 11.4. The van der Waals surface area contributed by atoms with E-state index in [4.69, 9.17) is 4.74 Å². The number of fused-ring (bicyclic) bond motifs is 5. The average Bonchev–Trinajstić information content (AvgIpc) is 2.91. The van der Waals surface area contributed by atoms with Crippen molar-refractivity contribution in [2.75, 3.05) is 0 Å². The Morgan fingerprint density at radius 2 is 1.72 bits per heavy atom. The number of carbonyl (C=O) groups is 1. The van der Waals surface area contributed by atoms with Crippen molar-refractivity contribution < 1.29 is 9.53 Å². The zero-order valence-electron chi connectivity index (χ0n) is 16.4. The van der Waals surface area contributed by atoms with E-state index in [2.05, 4.69) is 26.5 Å². The first kappa shape index (κ1) is 17.6. The summed E-state index contributed by atoms with van der Waals surface area (Å²) in [5.41, 5.74) is 0.994. The molecular formula is C23H36O2. The van der Waals surface area contributed by atoms with Gasteiger partial charge in [-0.25, -0.2) is 0 Å². The van der Waals surface area contributed by atoms with Crippen LogP contribution in [0.2, 0.25) is 0 Å². The van der Waals surface area contributed by atoms with E-state index in [0.717, 1.165) is 42.4 Å². The standard InChI is InChI=1S/C23H36O2/c1-5-16-7-9-20-19-8-6-17-14-18(25-15(2)24)10-12-23(17,4)21(19)11-13-22(16,20)3/h5,16-21H,1,6-14H2,2-4H3/t16-,17-,18+,19?,20?,21?,22+,23-/m0/s1. The minimum atomic E-state index is -0.0999. The molecule has 0 spiro atoms. The van der Waals surface area contributed by atoms with Crippen molar-refractivity contribution in [2.24, 2.45) is 40.4 Å². The van der Waals surface area contributed by atoms with Crippen LogP contribution in [0.3, 0.4) is 0 Å². The lowest BCUT2D eigenvalue weighted by Crippen LogP contribution is -2.54. The smallest absolute Gasteiger partial charge is 0.302 e. The van der Waals surface area contributed by atoms with Gasteiger partial charge in [0.05, 0.1) is 0 Å². The fraction of sp³-hybridized carbons (Fsp3) is 0.870. The molecule has 0 saturated heterocycles. The Balaban J connectivity index is 1.53. The lowest BCUT2D eigenvalue weighted by Gasteiger charge is -2.61. The number of carbonyl (C=O) groups excluding carboxylic acids is 1. The topological polar surface area (TPSA) is 26.3 Å². The second-order valence-electron chi connectivity index (χ2n) is 10.1. The van der Waals surface area contributed by atoms with Crippen LogP contribution in [0.1, 0.15) is 78.6 Å². The predicted octanol–water partition coefficient (Wildman–Crippen LogP) is 5.76. The van der Waals surface area contributed by atoms with E-state index < -0.39 is 0 Å². The van der Waals surface area contributed by atoms with E-state index in [1.807, 2.05) is 0 Å². The van der Waals surface area contributed by atoms with Crippen LogP contribution in [-0.4, -0.2) is 12.1 Å². The van der Waals surface area contributed by atoms with Crippen LogP contribution in [0.15, 0.2) is 12.7 Å². The Morgan fingerprint density at radius 1 is 1.00 bits per heavy atom. The summed E-state index contributed by atoms with van der Waals surface area (Å²) in [6.45, 7) is 10.9. The van der Waals surface area contributed by atoms with Crippen LogP contribution in [0.4, 0.5) is 0 Å². The summed E-state index contributed by atoms with van der Waals surface area (Å²) in [7, 11) is 0. The third kappa shape index (κ3) is 2.61. The molecule has 0 radical (unpaired) electrons. The fourth-order valence-corrected chi connectivity index (χ4v) is 7.99. The van der Waals surface area contributed by atoms with Gasteiger partial charge in [0.15, 0.2) is 0 Å². The molecule has 2 nitrogen and oxygen atoms in total. The van der Waals surface area contributed by atoms with Crippen molar-refractivity contribution in [1.29, 1.82) is 0 Å². The maximum Gasteiger partial charge on any atom is 0.302 e. The monoisotopic (exact) mass is 344 g/mol. The van der Waals surface area contributed by atoms with Crippen molar-refractivity contribution in [3.05, 3.63) is 12.7 Å². The van der Waals surface area contributed by atoms with Gasteiger partial charge in [-0.15, -0.1) is 6.58 Å². The Morgan fingerprint density at radius 3 is 2.44 bits per heavy atom. The van der Waals surface area contributed by atoms with Crippen LogP contribution in [-0.2, 0) is 9.53 Å². The summed E-state index contributed by atoms with van der Waals surface area (Å²) in [4.78, 5) is 11.4. The quantitative estimate of drug-likeness (QED) is 0.470. The number of allylic oxidation sites excluding steroid dienone is 1. The summed E-state index contributed by atoms with van der Waals surface area (Å²) in [6.07, 6.45) is 14.2. The first-order valence-electron chi connectivity index (χ1n) is 10.7. The summed E-state index contributed by atoms with van der Waals surface area (Å²) < 4.78 is 5.59. The van der Waals surface area contributed by atoms with E-state index in [9.17, 15) is 4.79 Å². The number of esters is 1. The molecule has 0 heterocycles. The molecule has 25 heavy (non-hydrogen) atoms. The normalized spacial score (nSPS) is 51.8. The van der Waals surface area contributed by atoms with Crippen LogP contribution >= 0.6 is 0 Å². The van der Waals surface area contributed by atoms with E-state index in [0.29, 0.717) is 10.8 Å². The van der Waals surface area contributed by atoms with Crippen molar-refractivity contribution in [3.8, 4) is 0 Å². The zero-order valence-corrected chi connectivity index (χ0v) is 16.4. The van der Waals surface area contributed by atoms with Gasteiger partial charge in [0.25, 0.3) is 0 Å². The molecule has 2 heteroatoms. The van der Waals surface area contributed by atoms with E-state index in [-0.39, 0.29) is 12.1 Å². The molecule has 4 aliphatic carbocycles. The van der Waals surface area contributed by atoms with Crippen molar-refractivity contribution in [1.82, 2.24) is 0 Å². The van der Waals surface area contributed by atoms with Gasteiger partial charge in [-0.2, -0.15) is 0 Å². The SMILES string of the molecule is C=C[C@H]1CCC2C3CC[C@H]4C[C@H](OC(C)=O)CC[C@]4(C)C3CC[C@@]21C. The average molecular weight is 345 g/mol. The molecule has 4 aliphatic rings. The van der Waals surface area contributed by atoms with Crippen molar-refractivity contribution in [2.45, 2.75) is 84.7 Å². The van der Waals surface area contributed by atoms with Crippen molar-refractivity contribution >= 4 is 5.97 Å². The first-order chi connectivity index (χ1) is 11.9. The first-order valence-corrected chi connectivity index (χ1v) is 10.7. The van der Waals surface area contributed by atoms with Crippen molar-refractivity contribution in [3.63, 3.8) is 0 Å². The van der Waals surface area contributed by atoms with E-state index >= 15 is 0 Å². The minimum absolute atomic E-state index is 0.0999. The summed E-state index contributed by atoms with van der Waals surface area (Å²) >= 11 is 0. The van der Waals surface area contributed by atoms with Gasteiger partial charge in [0.1, 0.15) is 6.10 Å². The van der Waals surface area contributed by atoms with E-state index in [1.54, 1.807) is 6.92 Å². The second-order valence-corrected chi connectivity index (χ2v) is 10.1. The molecule has 0 N–H and O–H groups in total. The number of ether oxygens (including phenoxy) is 1. The Kier molecular flexibility index (Phi) is 4.32. The second kappa shape index (κ2) is 6.13. The lowest BCUT2D eigenvalue weighted by molar-refractivity contribution is -0.159. The molecular weight excluding hydrogens is 308 g/mol. The number of rotatable bonds is 2. The highest BCUT2D eigenvalue weighted by molar-refractivity contribution is 5.66. The molecule has 0 aromatic rings. The lowest BCUT2D eigenvalue weighted by atomic mass is 9.44. The molecule has 0 aromatic carbocycles. The molecule has 4 saturated carbocycles. The maximum atomic E-state index is 11.4. The van der Waals surface area contributed by atoms with Crippen LogP contribution < -0.4 is 0 Å². The van der Waals surface area contributed by atoms with Gasteiger partial charge in [0.2, 0.25) is 0 Å². The van der Waals surface area contributed by atoms with Gasteiger partial charge in [-0.1, -0.05) is 19.9 Å². The van der Waals surface area contributed by atoms with Crippen LogP contribution in [0, 0.1) is 40.4 Å². The summed E-state index contributed by atoms with van der Waals surface area (Å²) in [6, 6.07) is 0. The van der Waals surface area contributed by atoms with E-state index in [1.165, 1.54) is 44.9 Å². The summed E-state index contributed by atoms with van der Waals surface area (Å²) in [5, 5.41) is 0. The fourth-order valence-electron chi connectivity index (χ4n) is 7.99. The summed E-state index contributed by atoms with van der Waals surface area (Å²) in [5.74, 6) is 4.13. The molecule has 4 fully saturated rings. The number of hydrogen-bond acceptors (Lipinski definition) is 2. The highest BCUT2D eigenvalue weighted by Gasteiger charge is 2.59. The van der Waals surface area contributed by atoms with Gasteiger partial charge in [-0.3, -0.25) is 4.79 Å². The highest BCUT2D eigenvalue weighted by atomic mass is 16.5. The Hall–Kier alpha value is -0.790. The molecule has 0 bridgehead atoms. The van der Waals surface area contributed by atoms with Crippen LogP contribution in [0.5, 0.6) is 0 Å².